The molecule has 0 heterocycles. The lowest BCUT2D eigenvalue weighted by atomic mass is 10.1. The minimum atomic E-state index is -0.210. The second-order valence-corrected chi connectivity index (χ2v) is 6.41. The molecule has 0 bridgehead atoms. The summed E-state index contributed by atoms with van der Waals surface area (Å²) >= 11 is 0. The summed E-state index contributed by atoms with van der Waals surface area (Å²) in [6.07, 6.45) is 2.30. The zero-order chi connectivity index (χ0) is 15.2. The first-order valence-corrected chi connectivity index (χ1v) is 7.47. The zero-order valence-electron chi connectivity index (χ0n) is 13.4. The minimum Gasteiger partial charge on any atom is -0.369 e. The Morgan fingerprint density at radius 1 is 1.20 bits per heavy atom. The van der Waals surface area contributed by atoms with Crippen LogP contribution in [0.1, 0.15) is 59.1 Å². The lowest BCUT2D eigenvalue weighted by Crippen LogP contribution is -2.39. The molecule has 0 aliphatic carbocycles. The molecular weight excluding hydrogens is 253 g/mol. The molecule has 2 nitrogen and oxygen atoms in total. The van der Waals surface area contributed by atoms with Crippen molar-refractivity contribution in [1.29, 1.82) is 0 Å². The Bertz CT molecular complexity index is 383. The molecule has 2 atom stereocenters. The average Bonchev–Trinajstić information content (AvgIpc) is 2.35. The van der Waals surface area contributed by atoms with E-state index in [2.05, 4.69) is 39.9 Å². The Morgan fingerprint density at radius 2 is 1.80 bits per heavy atom. The zero-order valence-corrected chi connectivity index (χ0v) is 13.4. The van der Waals surface area contributed by atoms with Gasteiger partial charge in [0.05, 0.1) is 12.2 Å². The van der Waals surface area contributed by atoms with E-state index in [1.807, 2.05) is 12.1 Å². The van der Waals surface area contributed by atoms with Crippen LogP contribution < -0.4 is 5.32 Å². The van der Waals surface area contributed by atoms with Crippen LogP contribution in [0.2, 0.25) is 0 Å². The van der Waals surface area contributed by atoms with Gasteiger partial charge in [0, 0.05) is 12.1 Å². The van der Waals surface area contributed by atoms with Gasteiger partial charge in [0.25, 0.3) is 0 Å². The molecule has 0 saturated heterocycles. The summed E-state index contributed by atoms with van der Waals surface area (Å²) in [6.45, 7) is 11.4. The smallest absolute Gasteiger partial charge is 0.123 e. The van der Waals surface area contributed by atoms with Crippen LogP contribution in [0.4, 0.5) is 4.39 Å². The summed E-state index contributed by atoms with van der Waals surface area (Å²) in [5, 5.41) is 3.46. The van der Waals surface area contributed by atoms with Crippen molar-refractivity contribution in [3.05, 3.63) is 35.6 Å². The predicted molar refractivity (Wildman–Crippen MR) is 82.4 cm³/mol. The number of hydrogen-bond acceptors (Lipinski definition) is 2. The van der Waals surface area contributed by atoms with Crippen LogP contribution >= 0.6 is 0 Å². The molecule has 0 radical (unpaired) electrons. The topological polar surface area (TPSA) is 21.3 Å². The molecule has 114 valence electrons. The lowest BCUT2D eigenvalue weighted by molar-refractivity contribution is -0.00996. The fraction of sp³-hybridized carbons (Fsp3) is 0.647. The quantitative estimate of drug-likeness (QED) is 0.796. The van der Waals surface area contributed by atoms with Crippen LogP contribution in [0.25, 0.3) is 0 Å². The van der Waals surface area contributed by atoms with Crippen LogP contribution in [0, 0.1) is 5.82 Å². The summed E-state index contributed by atoms with van der Waals surface area (Å²) in [5.41, 5.74) is 1.06. The number of benzene rings is 1. The summed E-state index contributed by atoms with van der Waals surface area (Å²) in [4.78, 5) is 0. The van der Waals surface area contributed by atoms with Gasteiger partial charge in [0.15, 0.2) is 0 Å². The van der Waals surface area contributed by atoms with Gasteiger partial charge in [-0.25, -0.2) is 4.39 Å². The van der Waals surface area contributed by atoms with E-state index in [1.165, 1.54) is 12.1 Å². The normalized spacial score (nSPS) is 15.1. The van der Waals surface area contributed by atoms with Crippen molar-refractivity contribution in [2.45, 2.75) is 65.2 Å². The molecule has 1 N–H and O–H groups in total. The van der Waals surface area contributed by atoms with Gasteiger partial charge in [-0.05, 0) is 51.8 Å². The van der Waals surface area contributed by atoms with Gasteiger partial charge in [-0.1, -0.05) is 25.5 Å². The third-order valence-corrected chi connectivity index (χ3v) is 3.15. The Morgan fingerprint density at radius 3 is 2.30 bits per heavy atom. The van der Waals surface area contributed by atoms with Crippen LogP contribution in [-0.2, 0) is 4.74 Å². The van der Waals surface area contributed by atoms with Crippen molar-refractivity contribution < 1.29 is 9.13 Å². The van der Waals surface area contributed by atoms with Crippen LogP contribution in [-0.4, -0.2) is 18.2 Å². The van der Waals surface area contributed by atoms with Gasteiger partial charge in [-0.2, -0.15) is 0 Å². The highest BCUT2D eigenvalue weighted by Crippen LogP contribution is 2.21. The number of ether oxygens (including phenoxy) is 1. The van der Waals surface area contributed by atoms with E-state index in [9.17, 15) is 4.39 Å². The van der Waals surface area contributed by atoms with E-state index in [4.69, 9.17) is 4.74 Å². The standard InChI is InChI=1S/C17H28FNO/c1-6-7-13(2)20-16(12-19-17(3,4)5)14-8-10-15(18)11-9-14/h8-11,13,16,19H,6-7,12H2,1-5H3. The average molecular weight is 281 g/mol. The second kappa shape index (κ2) is 7.75. The van der Waals surface area contributed by atoms with Crippen molar-refractivity contribution in [3.63, 3.8) is 0 Å². The predicted octanol–water partition coefficient (Wildman–Crippen LogP) is 4.46. The molecule has 0 fully saturated rings. The van der Waals surface area contributed by atoms with Crippen molar-refractivity contribution in [1.82, 2.24) is 5.32 Å². The first kappa shape index (κ1) is 17.1. The maximum atomic E-state index is 13.1. The van der Waals surface area contributed by atoms with E-state index in [1.54, 1.807) is 0 Å². The third-order valence-electron chi connectivity index (χ3n) is 3.15. The number of hydrogen-bond donors (Lipinski definition) is 1. The fourth-order valence-electron chi connectivity index (χ4n) is 2.08. The molecule has 1 rings (SSSR count). The molecular formula is C17H28FNO. The SMILES string of the molecule is CCCC(C)OC(CNC(C)(C)C)c1ccc(F)cc1. The molecule has 0 aromatic heterocycles. The Kier molecular flexibility index (Phi) is 6.63. The van der Waals surface area contributed by atoms with Gasteiger partial charge in [-0.15, -0.1) is 0 Å². The fourth-order valence-corrected chi connectivity index (χ4v) is 2.08. The molecule has 1 aromatic rings. The molecule has 2 unspecified atom stereocenters. The van der Waals surface area contributed by atoms with Crippen LogP contribution in [0.5, 0.6) is 0 Å². The van der Waals surface area contributed by atoms with E-state index in [0.717, 1.165) is 24.9 Å². The lowest BCUT2D eigenvalue weighted by Gasteiger charge is -2.28. The van der Waals surface area contributed by atoms with Gasteiger partial charge in [-0.3, -0.25) is 0 Å². The maximum Gasteiger partial charge on any atom is 0.123 e. The monoisotopic (exact) mass is 281 g/mol. The van der Waals surface area contributed by atoms with Crippen molar-refractivity contribution >= 4 is 0 Å². The highest BCUT2D eigenvalue weighted by atomic mass is 19.1. The molecule has 0 saturated carbocycles. The Balaban J connectivity index is 2.75. The summed E-state index contributed by atoms with van der Waals surface area (Å²) < 4.78 is 19.2. The van der Waals surface area contributed by atoms with Gasteiger partial charge >= 0.3 is 0 Å². The molecule has 20 heavy (non-hydrogen) atoms. The Hall–Kier alpha value is -0.930. The molecule has 1 aromatic carbocycles. The summed E-state index contributed by atoms with van der Waals surface area (Å²) in [6, 6.07) is 6.60. The third kappa shape index (κ3) is 6.49. The molecule has 0 aliphatic rings. The first-order chi connectivity index (χ1) is 9.31. The summed E-state index contributed by atoms with van der Waals surface area (Å²) in [5.74, 6) is -0.210. The molecule has 0 aliphatic heterocycles. The van der Waals surface area contributed by atoms with Gasteiger partial charge in [0.2, 0.25) is 0 Å². The van der Waals surface area contributed by atoms with Crippen molar-refractivity contribution in [2.75, 3.05) is 6.54 Å². The van der Waals surface area contributed by atoms with E-state index in [-0.39, 0.29) is 23.6 Å². The van der Waals surface area contributed by atoms with Gasteiger partial charge in [0.1, 0.15) is 5.82 Å². The highest BCUT2D eigenvalue weighted by Gasteiger charge is 2.18. The molecule has 0 spiro atoms. The maximum absolute atomic E-state index is 13.1. The summed E-state index contributed by atoms with van der Waals surface area (Å²) in [7, 11) is 0. The highest BCUT2D eigenvalue weighted by molar-refractivity contribution is 5.19. The van der Waals surface area contributed by atoms with E-state index < -0.39 is 0 Å². The number of nitrogens with one attached hydrogen (secondary N) is 1. The largest absolute Gasteiger partial charge is 0.369 e. The van der Waals surface area contributed by atoms with E-state index >= 15 is 0 Å². The number of halogens is 1. The van der Waals surface area contributed by atoms with Crippen molar-refractivity contribution in [3.8, 4) is 0 Å². The van der Waals surface area contributed by atoms with Gasteiger partial charge < -0.3 is 10.1 Å². The molecule has 0 amide bonds. The van der Waals surface area contributed by atoms with Crippen molar-refractivity contribution in [2.24, 2.45) is 0 Å². The Labute approximate surface area is 122 Å². The first-order valence-electron chi connectivity index (χ1n) is 7.47. The molecule has 3 heteroatoms. The number of rotatable bonds is 7. The van der Waals surface area contributed by atoms with Crippen LogP contribution in [0.3, 0.4) is 0 Å². The van der Waals surface area contributed by atoms with E-state index in [0.29, 0.717) is 0 Å². The van der Waals surface area contributed by atoms with Crippen LogP contribution in [0.15, 0.2) is 24.3 Å². The second-order valence-electron chi connectivity index (χ2n) is 6.41. The minimum absolute atomic E-state index is 0.0373.